The van der Waals surface area contributed by atoms with Crippen LogP contribution in [0.5, 0.6) is 5.75 Å². The van der Waals surface area contributed by atoms with E-state index in [4.69, 9.17) is 4.74 Å². The molecule has 0 saturated carbocycles. The molecule has 1 amide bonds. The normalized spacial score (nSPS) is 11.1. The summed E-state index contributed by atoms with van der Waals surface area (Å²) in [4.78, 5) is 24.3. The number of benzene rings is 3. The number of methoxy groups -OCH3 is 1. The smallest absolute Gasteiger partial charge is 0.337 e. The fourth-order valence-corrected chi connectivity index (χ4v) is 4.58. The van der Waals surface area contributed by atoms with Gasteiger partial charge in [0.05, 0.1) is 36.1 Å². The minimum Gasteiger partial charge on any atom is -0.492 e. The lowest BCUT2D eigenvalue weighted by Gasteiger charge is -2.25. The van der Waals surface area contributed by atoms with E-state index in [-0.39, 0.29) is 10.6 Å². The van der Waals surface area contributed by atoms with Gasteiger partial charge in [-0.1, -0.05) is 42.5 Å². The molecule has 182 valence electrons. The van der Waals surface area contributed by atoms with Crippen LogP contribution in [0.2, 0.25) is 0 Å². The van der Waals surface area contributed by atoms with E-state index in [0.29, 0.717) is 23.5 Å². The summed E-state index contributed by atoms with van der Waals surface area (Å²) in [7, 11) is -2.79. The van der Waals surface area contributed by atoms with E-state index < -0.39 is 28.4 Å². The molecule has 0 radical (unpaired) electrons. The van der Waals surface area contributed by atoms with Crippen molar-refractivity contribution in [2.24, 2.45) is 5.10 Å². The van der Waals surface area contributed by atoms with E-state index in [1.165, 1.54) is 25.5 Å². The molecule has 0 bridgehead atoms. The number of anilines is 1. The Labute approximate surface area is 204 Å². The van der Waals surface area contributed by atoms with Gasteiger partial charge in [0, 0.05) is 0 Å². The molecule has 0 aliphatic rings. The number of hydrogen-bond acceptors (Lipinski definition) is 7. The largest absolute Gasteiger partial charge is 0.492 e. The Morgan fingerprint density at radius 3 is 2.29 bits per heavy atom. The number of esters is 1. The number of para-hydroxylation sites is 2. The zero-order valence-corrected chi connectivity index (χ0v) is 20.1. The number of nitrogens with zero attached hydrogens (tertiary/aromatic N) is 2. The average molecular weight is 496 g/mol. The second kappa shape index (κ2) is 11.8. The van der Waals surface area contributed by atoms with Crippen molar-refractivity contribution < 1.29 is 27.5 Å². The van der Waals surface area contributed by atoms with Crippen LogP contribution in [0.25, 0.3) is 0 Å². The Hall–Kier alpha value is -4.18. The van der Waals surface area contributed by atoms with E-state index in [2.05, 4.69) is 15.3 Å². The first-order chi connectivity index (χ1) is 16.9. The predicted octanol–water partition coefficient (Wildman–Crippen LogP) is 3.22. The summed E-state index contributed by atoms with van der Waals surface area (Å²) in [5, 5.41) is 3.90. The monoisotopic (exact) mass is 495 g/mol. The number of carbonyl (C=O) groups excluding carboxylic acids is 2. The second-order valence-electron chi connectivity index (χ2n) is 7.13. The predicted molar refractivity (Wildman–Crippen MR) is 132 cm³/mol. The van der Waals surface area contributed by atoms with Crippen molar-refractivity contribution in [3.05, 3.63) is 90.0 Å². The standard InChI is InChI=1S/C25H25N3O6S/c1-3-34-23-12-8-7-11-22(23)28(35(31,32)21-9-5-4-6-10-21)18-24(29)27-26-17-19-13-15-20(16-14-19)25(30)33-2/h4-17H,3,18H2,1-2H3,(H,27,29)/b26-17-. The van der Waals surface area contributed by atoms with Gasteiger partial charge < -0.3 is 9.47 Å². The number of carbonyl (C=O) groups is 2. The Bertz CT molecular complexity index is 1290. The van der Waals surface area contributed by atoms with Gasteiger partial charge in [0.15, 0.2) is 0 Å². The van der Waals surface area contributed by atoms with Gasteiger partial charge in [0.25, 0.3) is 15.9 Å². The van der Waals surface area contributed by atoms with E-state index in [1.807, 2.05) is 0 Å². The van der Waals surface area contributed by atoms with Crippen molar-refractivity contribution in [3.63, 3.8) is 0 Å². The lowest BCUT2D eigenvalue weighted by Crippen LogP contribution is -2.39. The van der Waals surface area contributed by atoms with Gasteiger partial charge in [-0.2, -0.15) is 5.10 Å². The fourth-order valence-electron chi connectivity index (χ4n) is 3.13. The summed E-state index contributed by atoms with van der Waals surface area (Å²) >= 11 is 0. The molecule has 9 nitrogen and oxygen atoms in total. The Morgan fingerprint density at radius 1 is 0.971 bits per heavy atom. The van der Waals surface area contributed by atoms with Crippen LogP contribution in [0, 0.1) is 0 Å². The van der Waals surface area contributed by atoms with Gasteiger partial charge in [0.1, 0.15) is 12.3 Å². The Kier molecular flexibility index (Phi) is 8.58. The number of hydrogen-bond donors (Lipinski definition) is 1. The van der Waals surface area contributed by atoms with Crippen LogP contribution in [-0.2, 0) is 19.6 Å². The number of hydrazone groups is 1. The zero-order valence-electron chi connectivity index (χ0n) is 19.2. The fraction of sp³-hybridized carbons (Fsp3) is 0.160. The van der Waals surface area contributed by atoms with Crippen LogP contribution in [0.15, 0.2) is 88.9 Å². The number of ether oxygens (including phenoxy) is 2. The third-order valence-corrected chi connectivity index (χ3v) is 6.56. The van der Waals surface area contributed by atoms with Crippen LogP contribution in [-0.4, -0.2) is 46.8 Å². The Morgan fingerprint density at radius 2 is 1.63 bits per heavy atom. The molecule has 3 aromatic rings. The minimum absolute atomic E-state index is 0.0355. The minimum atomic E-state index is -4.09. The van der Waals surface area contributed by atoms with Crippen molar-refractivity contribution in [3.8, 4) is 5.75 Å². The number of nitrogens with one attached hydrogen (secondary N) is 1. The summed E-state index contributed by atoms with van der Waals surface area (Å²) in [6, 6.07) is 20.8. The molecule has 3 rings (SSSR count). The average Bonchev–Trinajstić information content (AvgIpc) is 2.88. The first kappa shape index (κ1) is 25.4. The van der Waals surface area contributed by atoms with E-state index in [1.54, 1.807) is 73.7 Å². The van der Waals surface area contributed by atoms with Crippen LogP contribution in [0.4, 0.5) is 5.69 Å². The zero-order chi connectivity index (χ0) is 25.3. The van der Waals surface area contributed by atoms with E-state index in [9.17, 15) is 18.0 Å². The summed E-state index contributed by atoms with van der Waals surface area (Å²) < 4.78 is 38.1. The first-order valence-electron chi connectivity index (χ1n) is 10.7. The van der Waals surface area contributed by atoms with Gasteiger partial charge >= 0.3 is 5.97 Å². The summed E-state index contributed by atoms with van der Waals surface area (Å²) in [5.74, 6) is -0.788. The van der Waals surface area contributed by atoms with Gasteiger partial charge in [-0.25, -0.2) is 18.6 Å². The Balaban J connectivity index is 1.82. The first-order valence-corrected chi connectivity index (χ1v) is 12.1. The molecular formula is C25H25N3O6S. The number of sulfonamides is 1. The van der Waals surface area contributed by atoms with Gasteiger partial charge in [0.2, 0.25) is 0 Å². The van der Waals surface area contributed by atoms with Crippen LogP contribution in [0.3, 0.4) is 0 Å². The molecule has 0 aliphatic heterocycles. The maximum Gasteiger partial charge on any atom is 0.337 e. The molecule has 0 aromatic heterocycles. The van der Waals surface area contributed by atoms with Crippen molar-refractivity contribution in [1.82, 2.24) is 5.43 Å². The lowest BCUT2D eigenvalue weighted by molar-refractivity contribution is -0.119. The van der Waals surface area contributed by atoms with Gasteiger partial charge in [-0.15, -0.1) is 0 Å². The van der Waals surface area contributed by atoms with Crippen molar-refractivity contribution in [1.29, 1.82) is 0 Å². The molecule has 3 aromatic carbocycles. The molecule has 0 saturated heterocycles. The molecular weight excluding hydrogens is 470 g/mol. The quantitative estimate of drug-likeness (QED) is 0.262. The molecule has 1 N–H and O–H groups in total. The maximum absolute atomic E-state index is 13.4. The molecule has 10 heteroatoms. The van der Waals surface area contributed by atoms with E-state index >= 15 is 0 Å². The third kappa shape index (κ3) is 6.45. The van der Waals surface area contributed by atoms with Crippen LogP contribution < -0.4 is 14.5 Å². The summed E-state index contributed by atoms with van der Waals surface area (Å²) in [5.41, 5.74) is 3.58. The van der Waals surface area contributed by atoms with Crippen LogP contribution >= 0.6 is 0 Å². The molecule has 0 unspecified atom stereocenters. The molecule has 0 aliphatic carbocycles. The van der Waals surface area contributed by atoms with Crippen molar-refractivity contribution in [2.45, 2.75) is 11.8 Å². The maximum atomic E-state index is 13.4. The van der Waals surface area contributed by atoms with E-state index in [0.717, 1.165) is 4.31 Å². The van der Waals surface area contributed by atoms with Crippen LogP contribution in [0.1, 0.15) is 22.8 Å². The molecule has 0 heterocycles. The second-order valence-corrected chi connectivity index (χ2v) is 8.99. The molecule has 0 atom stereocenters. The summed E-state index contributed by atoms with van der Waals surface area (Å²) in [6.45, 7) is 1.58. The highest BCUT2D eigenvalue weighted by Gasteiger charge is 2.29. The highest BCUT2D eigenvalue weighted by atomic mass is 32.2. The van der Waals surface area contributed by atoms with Gasteiger partial charge in [-0.3, -0.25) is 9.10 Å². The van der Waals surface area contributed by atoms with Crippen molar-refractivity contribution >= 4 is 33.8 Å². The summed E-state index contributed by atoms with van der Waals surface area (Å²) in [6.07, 6.45) is 1.38. The lowest BCUT2D eigenvalue weighted by atomic mass is 10.1. The molecule has 0 spiro atoms. The highest BCUT2D eigenvalue weighted by Crippen LogP contribution is 2.32. The molecule has 35 heavy (non-hydrogen) atoms. The number of amides is 1. The third-order valence-electron chi connectivity index (χ3n) is 4.79. The van der Waals surface area contributed by atoms with Gasteiger partial charge in [-0.05, 0) is 48.9 Å². The SMILES string of the molecule is CCOc1ccccc1N(CC(=O)N/N=C\c1ccc(C(=O)OC)cc1)S(=O)(=O)c1ccccc1. The number of rotatable bonds is 10. The topological polar surface area (TPSA) is 114 Å². The molecule has 0 fully saturated rings. The highest BCUT2D eigenvalue weighted by molar-refractivity contribution is 7.92. The van der Waals surface area contributed by atoms with Crippen molar-refractivity contribution in [2.75, 3.05) is 24.6 Å².